The monoisotopic (exact) mass is 718 g/mol. The zero-order chi connectivity index (χ0) is 37.0. The third-order valence-electron chi connectivity index (χ3n) is 10.9. The maximum Gasteiger partial charge on any atom is 0.159 e. The molecule has 11 rings (SSSR count). The maximum atomic E-state index is 6.43. The van der Waals surface area contributed by atoms with E-state index in [9.17, 15) is 0 Å². The number of hydrogen-bond acceptors (Lipinski definition) is 4. The number of fused-ring (bicyclic) bond motifs is 6. The van der Waals surface area contributed by atoms with Gasteiger partial charge in [-0.1, -0.05) is 140 Å². The maximum absolute atomic E-state index is 6.43. The molecule has 1 N–H and O–H groups in total. The molecule has 0 fully saturated rings. The summed E-state index contributed by atoms with van der Waals surface area (Å²) in [5.74, 6) is 1.48. The van der Waals surface area contributed by atoms with E-state index in [4.69, 9.17) is 14.4 Å². The highest BCUT2D eigenvalue weighted by molar-refractivity contribution is 6.15. The number of furan rings is 1. The standard InChI is InChI=1S/C51H34N4O/c1-3-13-33(14-4-1)36-17-11-18-38(31-36)51-53-49(34-15-5-2-6-16-34)52-50(54-51)35-25-28-39(29-26-35)55-45-23-9-7-19-41(45)44-32-37(27-30-46(44)55)40-21-12-22-43-42-20-8-10-24-47(42)56-48(40)43/h1-32,49H,(H,52,53,54). The van der Waals surface area contributed by atoms with Gasteiger partial charge in [-0.3, -0.25) is 0 Å². The molecule has 10 aromatic rings. The fourth-order valence-electron chi connectivity index (χ4n) is 8.16. The van der Waals surface area contributed by atoms with Crippen LogP contribution in [0.25, 0.3) is 71.7 Å². The topological polar surface area (TPSA) is 54.8 Å². The Kier molecular flexibility index (Phi) is 7.49. The Morgan fingerprint density at radius 3 is 1.98 bits per heavy atom. The second kappa shape index (κ2) is 13.1. The van der Waals surface area contributed by atoms with Crippen molar-refractivity contribution < 1.29 is 4.42 Å². The SMILES string of the molecule is c1ccc(-c2cccc(C3=NC(c4ccc(-n5c6ccccc6c6cc(-c7cccc8c7oc7ccccc78)ccc65)cc4)=NC(c4ccccc4)N3)c2)cc1. The van der Waals surface area contributed by atoms with Gasteiger partial charge >= 0.3 is 0 Å². The Morgan fingerprint density at radius 1 is 0.464 bits per heavy atom. The quantitative estimate of drug-likeness (QED) is 0.186. The van der Waals surface area contributed by atoms with Crippen LogP contribution in [0, 0.1) is 0 Å². The molecule has 0 spiro atoms. The van der Waals surface area contributed by atoms with Crippen LogP contribution < -0.4 is 5.32 Å². The molecule has 56 heavy (non-hydrogen) atoms. The smallest absolute Gasteiger partial charge is 0.159 e. The number of aromatic nitrogens is 1. The van der Waals surface area contributed by atoms with Crippen LogP contribution in [-0.4, -0.2) is 16.2 Å². The molecule has 1 atom stereocenters. The number of hydrogen-bond donors (Lipinski definition) is 1. The minimum absolute atomic E-state index is 0.282. The average Bonchev–Trinajstić information content (AvgIpc) is 3.83. The first-order chi connectivity index (χ1) is 27.7. The van der Waals surface area contributed by atoms with Gasteiger partial charge < -0.3 is 14.3 Å². The van der Waals surface area contributed by atoms with Gasteiger partial charge in [0.05, 0.1) is 11.0 Å². The van der Waals surface area contributed by atoms with Crippen LogP contribution >= 0.6 is 0 Å². The average molecular weight is 719 g/mol. The number of amidine groups is 2. The van der Waals surface area contributed by atoms with Gasteiger partial charge in [0.2, 0.25) is 0 Å². The normalized spacial score (nSPS) is 14.2. The highest BCUT2D eigenvalue weighted by atomic mass is 16.3. The molecule has 0 saturated heterocycles. The molecular weight excluding hydrogens is 685 g/mol. The third kappa shape index (κ3) is 5.40. The molecule has 0 aliphatic carbocycles. The lowest BCUT2D eigenvalue weighted by molar-refractivity contribution is 0.670. The molecule has 2 aromatic heterocycles. The molecule has 1 aliphatic rings. The molecule has 5 heteroatoms. The van der Waals surface area contributed by atoms with Crippen molar-refractivity contribution in [1.29, 1.82) is 0 Å². The van der Waals surface area contributed by atoms with Crippen molar-refractivity contribution in [2.75, 3.05) is 0 Å². The zero-order valence-electron chi connectivity index (χ0n) is 30.3. The largest absolute Gasteiger partial charge is 0.455 e. The number of nitrogens with zero attached hydrogens (tertiary/aromatic N) is 3. The molecular formula is C51H34N4O. The summed E-state index contributed by atoms with van der Waals surface area (Å²) in [6.45, 7) is 0. The lowest BCUT2D eigenvalue weighted by atomic mass is 10.0. The van der Waals surface area contributed by atoms with Crippen molar-refractivity contribution in [3.8, 4) is 27.9 Å². The summed E-state index contributed by atoms with van der Waals surface area (Å²) in [7, 11) is 0. The molecule has 0 bridgehead atoms. The first-order valence-electron chi connectivity index (χ1n) is 18.9. The van der Waals surface area contributed by atoms with E-state index in [1.54, 1.807) is 0 Å². The fourth-order valence-corrected chi connectivity index (χ4v) is 8.16. The van der Waals surface area contributed by atoms with Crippen molar-refractivity contribution in [3.63, 3.8) is 0 Å². The summed E-state index contributed by atoms with van der Waals surface area (Å²) < 4.78 is 8.78. The predicted molar refractivity (Wildman–Crippen MR) is 231 cm³/mol. The number of aliphatic imine (C=N–C) groups is 2. The van der Waals surface area contributed by atoms with Gasteiger partial charge in [0.15, 0.2) is 5.84 Å². The Hall–Kier alpha value is -7.50. The number of rotatable bonds is 6. The highest BCUT2D eigenvalue weighted by Gasteiger charge is 2.22. The van der Waals surface area contributed by atoms with Crippen molar-refractivity contribution in [2.24, 2.45) is 9.98 Å². The molecule has 0 radical (unpaired) electrons. The van der Waals surface area contributed by atoms with Gasteiger partial charge in [-0.2, -0.15) is 0 Å². The van der Waals surface area contributed by atoms with Crippen LogP contribution in [-0.2, 0) is 0 Å². The Bertz CT molecular complexity index is 3150. The van der Waals surface area contributed by atoms with Crippen molar-refractivity contribution in [3.05, 3.63) is 211 Å². The van der Waals surface area contributed by atoms with Crippen LogP contribution in [0.15, 0.2) is 209 Å². The van der Waals surface area contributed by atoms with Crippen LogP contribution in [0.5, 0.6) is 0 Å². The van der Waals surface area contributed by atoms with E-state index in [0.29, 0.717) is 5.84 Å². The molecule has 3 heterocycles. The molecule has 0 saturated carbocycles. The number of benzene rings is 8. The van der Waals surface area contributed by atoms with Crippen molar-refractivity contribution in [2.45, 2.75) is 6.17 Å². The van der Waals surface area contributed by atoms with E-state index >= 15 is 0 Å². The third-order valence-corrected chi connectivity index (χ3v) is 10.9. The van der Waals surface area contributed by atoms with E-state index < -0.39 is 0 Å². The van der Waals surface area contributed by atoms with Crippen molar-refractivity contribution in [1.82, 2.24) is 9.88 Å². The summed E-state index contributed by atoms with van der Waals surface area (Å²) in [6.07, 6.45) is -0.282. The van der Waals surface area contributed by atoms with Crippen molar-refractivity contribution >= 4 is 55.4 Å². The Morgan fingerprint density at radius 2 is 1.12 bits per heavy atom. The lowest BCUT2D eigenvalue weighted by Crippen LogP contribution is -2.33. The zero-order valence-corrected chi connectivity index (χ0v) is 30.3. The van der Waals surface area contributed by atoms with E-state index in [1.165, 1.54) is 16.3 Å². The Labute approximate surface area is 323 Å². The first kappa shape index (κ1) is 32.0. The molecule has 5 nitrogen and oxygen atoms in total. The van der Waals surface area contributed by atoms with Crippen LogP contribution in [0.2, 0.25) is 0 Å². The highest BCUT2D eigenvalue weighted by Crippen LogP contribution is 2.39. The summed E-state index contributed by atoms with van der Waals surface area (Å²) in [6, 6.07) is 68.0. The van der Waals surface area contributed by atoms with Gasteiger partial charge in [0.1, 0.15) is 23.2 Å². The second-order valence-corrected chi connectivity index (χ2v) is 14.2. The van der Waals surface area contributed by atoms with Crippen LogP contribution in [0.3, 0.4) is 0 Å². The fraction of sp³-hybridized carbons (Fsp3) is 0.0196. The van der Waals surface area contributed by atoms with E-state index in [2.05, 4.69) is 180 Å². The van der Waals surface area contributed by atoms with E-state index in [0.717, 1.165) is 77.9 Å². The predicted octanol–water partition coefficient (Wildman–Crippen LogP) is 12.5. The van der Waals surface area contributed by atoms with Gasteiger partial charge in [0.25, 0.3) is 0 Å². The Balaban J connectivity index is 0.993. The van der Waals surface area contributed by atoms with Crippen LogP contribution in [0.4, 0.5) is 0 Å². The van der Waals surface area contributed by atoms with Gasteiger partial charge in [0, 0.05) is 43.9 Å². The number of nitrogens with one attached hydrogen (secondary N) is 1. The number of para-hydroxylation sites is 3. The molecule has 1 unspecified atom stereocenters. The molecule has 1 aliphatic heterocycles. The minimum atomic E-state index is -0.282. The van der Waals surface area contributed by atoms with Gasteiger partial charge in [-0.05, 0) is 76.9 Å². The van der Waals surface area contributed by atoms with Gasteiger partial charge in [-0.15, -0.1) is 0 Å². The molecule has 8 aromatic carbocycles. The van der Waals surface area contributed by atoms with E-state index in [-0.39, 0.29) is 6.17 Å². The molecule has 264 valence electrons. The van der Waals surface area contributed by atoms with Gasteiger partial charge in [-0.25, -0.2) is 9.98 Å². The second-order valence-electron chi connectivity index (χ2n) is 14.2. The summed E-state index contributed by atoms with van der Waals surface area (Å²) in [4.78, 5) is 10.3. The first-order valence-corrected chi connectivity index (χ1v) is 18.9. The summed E-state index contributed by atoms with van der Waals surface area (Å²) in [5, 5.41) is 8.28. The van der Waals surface area contributed by atoms with Crippen LogP contribution in [0.1, 0.15) is 22.9 Å². The lowest BCUT2D eigenvalue weighted by Gasteiger charge is -2.24. The summed E-state index contributed by atoms with van der Waals surface area (Å²) >= 11 is 0. The molecule has 0 amide bonds. The summed E-state index contributed by atoms with van der Waals surface area (Å²) in [5.41, 5.74) is 12.7. The minimum Gasteiger partial charge on any atom is -0.455 e. The van der Waals surface area contributed by atoms with E-state index in [1.807, 2.05) is 24.3 Å².